The maximum Gasteiger partial charge on any atom is 0.280 e. The number of hydrogen-bond donors (Lipinski definition) is 1. The van der Waals surface area contributed by atoms with Crippen molar-refractivity contribution >= 4 is 23.7 Å². The van der Waals surface area contributed by atoms with Gasteiger partial charge in [0, 0.05) is 5.02 Å². The average Bonchev–Trinajstić information content (AvgIpc) is 2.51. The molecule has 1 unspecified atom stereocenters. The molecule has 5 heteroatoms. The fourth-order valence-corrected chi connectivity index (χ4v) is 1.81. The minimum Gasteiger partial charge on any atom is -0.481 e. The van der Waals surface area contributed by atoms with E-state index in [-0.39, 0.29) is 5.91 Å². The van der Waals surface area contributed by atoms with Gasteiger partial charge in [0.05, 0.1) is 6.21 Å². The molecule has 4 nitrogen and oxygen atoms in total. The van der Waals surface area contributed by atoms with Crippen molar-refractivity contribution in [1.29, 1.82) is 0 Å². The molecule has 0 saturated heterocycles. The van der Waals surface area contributed by atoms with Crippen molar-refractivity contribution in [1.82, 2.24) is 5.43 Å². The summed E-state index contributed by atoms with van der Waals surface area (Å²) < 4.78 is 5.51. The maximum absolute atomic E-state index is 11.9. The summed E-state index contributed by atoms with van der Waals surface area (Å²) in [5.41, 5.74) is 4.54. The van der Waals surface area contributed by atoms with Crippen LogP contribution in [0.2, 0.25) is 5.02 Å². The van der Waals surface area contributed by atoms with Crippen LogP contribution >= 0.6 is 11.6 Å². The lowest BCUT2D eigenvalue weighted by Crippen LogP contribution is -2.33. The van der Waals surface area contributed by atoms with Crippen molar-refractivity contribution in [2.24, 2.45) is 5.10 Å². The largest absolute Gasteiger partial charge is 0.481 e. The third-order valence-electron chi connectivity index (χ3n) is 2.96. The minimum absolute atomic E-state index is 0.321. The number of hydrazone groups is 1. The van der Waals surface area contributed by atoms with Crippen molar-refractivity contribution in [3.8, 4) is 5.75 Å². The van der Waals surface area contributed by atoms with Gasteiger partial charge >= 0.3 is 0 Å². The molecule has 0 aliphatic heterocycles. The van der Waals surface area contributed by atoms with Crippen LogP contribution in [-0.4, -0.2) is 18.2 Å². The van der Waals surface area contributed by atoms with Crippen LogP contribution in [0.3, 0.4) is 0 Å². The summed E-state index contributed by atoms with van der Waals surface area (Å²) in [5, 5.41) is 4.54. The Balaban J connectivity index is 1.85. The summed E-state index contributed by atoms with van der Waals surface area (Å²) in [7, 11) is 0. The van der Waals surface area contributed by atoms with Crippen LogP contribution < -0.4 is 10.2 Å². The van der Waals surface area contributed by atoms with Crippen LogP contribution in [0.5, 0.6) is 5.75 Å². The Morgan fingerprint density at radius 3 is 2.45 bits per heavy atom. The summed E-state index contributed by atoms with van der Waals surface area (Å²) in [6, 6.07) is 14.7. The average molecular weight is 317 g/mol. The molecule has 0 radical (unpaired) electrons. The lowest BCUT2D eigenvalue weighted by atomic mass is 10.2. The fourth-order valence-electron chi connectivity index (χ4n) is 1.68. The Morgan fingerprint density at radius 2 is 1.82 bits per heavy atom. The fraction of sp³-hybridized carbons (Fsp3) is 0.176. The van der Waals surface area contributed by atoms with Gasteiger partial charge in [-0.1, -0.05) is 41.4 Å². The molecule has 0 saturated carbocycles. The number of benzene rings is 2. The van der Waals surface area contributed by atoms with E-state index in [1.807, 2.05) is 31.2 Å². The first-order valence-corrected chi connectivity index (χ1v) is 7.24. The normalized spacial score (nSPS) is 12.1. The molecule has 0 aromatic heterocycles. The van der Waals surface area contributed by atoms with Gasteiger partial charge in [-0.2, -0.15) is 5.10 Å². The SMILES string of the molecule is Cc1ccc(C=NNC(=O)C(C)Oc2ccc(Cl)cc2)cc1. The molecule has 1 amide bonds. The first-order chi connectivity index (χ1) is 10.5. The van der Waals surface area contributed by atoms with Gasteiger partial charge in [-0.3, -0.25) is 4.79 Å². The Bertz CT molecular complexity index is 651. The van der Waals surface area contributed by atoms with Crippen LogP contribution in [0, 0.1) is 6.92 Å². The van der Waals surface area contributed by atoms with E-state index in [0.717, 1.165) is 5.56 Å². The van der Waals surface area contributed by atoms with Crippen LogP contribution in [-0.2, 0) is 4.79 Å². The molecule has 0 spiro atoms. The van der Waals surface area contributed by atoms with Gasteiger partial charge in [-0.05, 0) is 43.7 Å². The van der Waals surface area contributed by atoms with Crippen LogP contribution in [0.15, 0.2) is 53.6 Å². The third-order valence-corrected chi connectivity index (χ3v) is 3.21. The van der Waals surface area contributed by atoms with E-state index in [1.54, 1.807) is 37.4 Å². The second-order valence-corrected chi connectivity index (χ2v) is 5.30. The number of nitrogens with one attached hydrogen (secondary N) is 1. The number of nitrogens with zero attached hydrogens (tertiary/aromatic N) is 1. The zero-order chi connectivity index (χ0) is 15.9. The number of ether oxygens (including phenoxy) is 1. The Labute approximate surface area is 134 Å². The first kappa shape index (κ1) is 16.0. The maximum atomic E-state index is 11.9. The topological polar surface area (TPSA) is 50.7 Å². The van der Waals surface area contributed by atoms with Gasteiger partial charge in [-0.15, -0.1) is 0 Å². The van der Waals surface area contributed by atoms with Crippen molar-refractivity contribution in [3.63, 3.8) is 0 Å². The molecule has 2 aromatic rings. The summed E-state index contributed by atoms with van der Waals surface area (Å²) in [6.07, 6.45) is 0.933. The molecule has 2 rings (SSSR count). The van der Waals surface area contributed by atoms with Crippen molar-refractivity contribution in [2.75, 3.05) is 0 Å². The molecule has 0 heterocycles. The number of carbonyl (C=O) groups excluding carboxylic acids is 1. The van der Waals surface area contributed by atoms with Gasteiger partial charge in [0.15, 0.2) is 6.10 Å². The predicted molar refractivity (Wildman–Crippen MR) is 88.5 cm³/mol. The van der Waals surface area contributed by atoms with E-state index >= 15 is 0 Å². The summed E-state index contributed by atoms with van der Waals surface area (Å²) in [6.45, 7) is 3.67. The van der Waals surface area contributed by atoms with Gasteiger partial charge in [-0.25, -0.2) is 5.43 Å². The number of halogens is 1. The standard InChI is InChI=1S/C17H17ClN2O2/c1-12-3-5-14(6-4-12)11-19-20-17(21)13(2)22-16-9-7-15(18)8-10-16/h3-11,13H,1-2H3,(H,20,21). The Hall–Kier alpha value is -2.33. The highest BCUT2D eigenvalue weighted by molar-refractivity contribution is 6.30. The number of rotatable bonds is 5. The molecule has 0 fully saturated rings. The molecule has 1 N–H and O–H groups in total. The van der Waals surface area contributed by atoms with Gasteiger partial charge in [0.25, 0.3) is 5.91 Å². The molecular formula is C17H17ClN2O2. The zero-order valence-electron chi connectivity index (χ0n) is 12.4. The monoisotopic (exact) mass is 316 g/mol. The molecule has 114 valence electrons. The number of amides is 1. The lowest BCUT2D eigenvalue weighted by molar-refractivity contribution is -0.127. The smallest absolute Gasteiger partial charge is 0.280 e. The van der Waals surface area contributed by atoms with Gasteiger partial charge < -0.3 is 4.74 Å². The van der Waals surface area contributed by atoms with Gasteiger partial charge in [0.1, 0.15) is 5.75 Å². The number of carbonyl (C=O) groups is 1. The van der Waals surface area contributed by atoms with E-state index < -0.39 is 6.10 Å². The summed E-state index contributed by atoms with van der Waals surface area (Å²) in [5.74, 6) is 0.257. The Morgan fingerprint density at radius 1 is 1.18 bits per heavy atom. The molecule has 22 heavy (non-hydrogen) atoms. The predicted octanol–water partition coefficient (Wildman–Crippen LogP) is 3.57. The highest BCUT2D eigenvalue weighted by atomic mass is 35.5. The molecule has 1 atom stereocenters. The van der Waals surface area contributed by atoms with Crippen LogP contribution in [0.25, 0.3) is 0 Å². The van der Waals surface area contributed by atoms with E-state index in [2.05, 4.69) is 10.5 Å². The van der Waals surface area contributed by atoms with Crippen molar-refractivity contribution in [3.05, 3.63) is 64.7 Å². The van der Waals surface area contributed by atoms with Crippen molar-refractivity contribution < 1.29 is 9.53 Å². The zero-order valence-corrected chi connectivity index (χ0v) is 13.2. The summed E-state index contributed by atoms with van der Waals surface area (Å²) in [4.78, 5) is 11.9. The summed E-state index contributed by atoms with van der Waals surface area (Å²) >= 11 is 5.79. The first-order valence-electron chi connectivity index (χ1n) is 6.86. The minimum atomic E-state index is -0.656. The number of aryl methyl sites for hydroxylation is 1. The third kappa shape index (κ3) is 4.90. The van der Waals surface area contributed by atoms with E-state index in [0.29, 0.717) is 10.8 Å². The molecule has 0 bridgehead atoms. The quantitative estimate of drug-likeness (QED) is 0.677. The van der Waals surface area contributed by atoms with E-state index in [1.165, 1.54) is 5.56 Å². The lowest BCUT2D eigenvalue weighted by Gasteiger charge is -2.12. The van der Waals surface area contributed by atoms with Crippen LogP contribution in [0.1, 0.15) is 18.1 Å². The van der Waals surface area contributed by atoms with Crippen LogP contribution in [0.4, 0.5) is 0 Å². The second kappa shape index (κ2) is 7.61. The highest BCUT2D eigenvalue weighted by Crippen LogP contribution is 2.16. The molecule has 2 aromatic carbocycles. The molecule has 0 aliphatic carbocycles. The second-order valence-electron chi connectivity index (χ2n) is 4.86. The van der Waals surface area contributed by atoms with Gasteiger partial charge in [0.2, 0.25) is 0 Å². The highest BCUT2D eigenvalue weighted by Gasteiger charge is 2.13. The Kier molecular flexibility index (Phi) is 5.55. The number of hydrogen-bond acceptors (Lipinski definition) is 3. The van der Waals surface area contributed by atoms with E-state index in [4.69, 9.17) is 16.3 Å². The van der Waals surface area contributed by atoms with E-state index in [9.17, 15) is 4.79 Å². The molecular weight excluding hydrogens is 300 g/mol. The molecule has 0 aliphatic rings. The van der Waals surface area contributed by atoms with Crippen molar-refractivity contribution in [2.45, 2.75) is 20.0 Å².